The molecule has 2 nitrogen and oxygen atoms in total. The molecule has 0 saturated carbocycles. The van der Waals surface area contributed by atoms with Crippen LogP contribution in [0.25, 0.3) is 11.1 Å². The summed E-state index contributed by atoms with van der Waals surface area (Å²) in [6.45, 7) is 6.24. The third-order valence-electron chi connectivity index (χ3n) is 3.82. The highest BCUT2D eigenvalue weighted by Crippen LogP contribution is 2.36. The van der Waals surface area contributed by atoms with Gasteiger partial charge < -0.3 is 10.2 Å². The first-order valence-corrected chi connectivity index (χ1v) is 7.27. The Labute approximate surface area is 120 Å². The molecule has 20 heavy (non-hydrogen) atoms. The summed E-state index contributed by atoms with van der Waals surface area (Å²) in [6.07, 6.45) is 2.63. The quantitative estimate of drug-likeness (QED) is 0.806. The molecule has 0 saturated heterocycles. The maximum atomic E-state index is 9.91. The fourth-order valence-electron chi connectivity index (χ4n) is 2.52. The normalized spacial score (nSPS) is 10.8. The fourth-order valence-corrected chi connectivity index (χ4v) is 2.52. The van der Waals surface area contributed by atoms with Gasteiger partial charge in [0.1, 0.15) is 0 Å². The highest BCUT2D eigenvalue weighted by Gasteiger charge is 2.11. The van der Waals surface area contributed by atoms with Crippen molar-refractivity contribution in [2.24, 2.45) is 0 Å². The molecule has 0 atom stereocenters. The molecule has 0 heterocycles. The van der Waals surface area contributed by atoms with Crippen LogP contribution in [0.3, 0.4) is 0 Å². The molecule has 0 radical (unpaired) electrons. The number of hydrogen-bond acceptors (Lipinski definition) is 2. The lowest BCUT2D eigenvalue weighted by Gasteiger charge is -2.13. The van der Waals surface area contributed by atoms with Crippen molar-refractivity contribution in [3.63, 3.8) is 0 Å². The number of hydrogen-bond donors (Lipinski definition) is 2. The summed E-state index contributed by atoms with van der Waals surface area (Å²) < 4.78 is 0. The van der Waals surface area contributed by atoms with Crippen molar-refractivity contribution < 1.29 is 10.2 Å². The van der Waals surface area contributed by atoms with Crippen LogP contribution in [-0.4, -0.2) is 10.2 Å². The molecule has 2 aromatic rings. The second kappa shape index (κ2) is 6.00. The molecule has 0 aromatic heterocycles. The van der Waals surface area contributed by atoms with E-state index in [1.54, 1.807) is 6.07 Å². The van der Waals surface area contributed by atoms with Crippen LogP contribution in [0.2, 0.25) is 0 Å². The highest BCUT2D eigenvalue weighted by atomic mass is 16.3. The average Bonchev–Trinajstić information content (AvgIpc) is 2.49. The predicted molar refractivity (Wildman–Crippen MR) is 83.3 cm³/mol. The molecule has 0 aliphatic rings. The van der Waals surface area contributed by atoms with E-state index >= 15 is 0 Å². The first-order valence-electron chi connectivity index (χ1n) is 7.27. The van der Waals surface area contributed by atoms with Crippen LogP contribution in [0.1, 0.15) is 37.5 Å². The number of aromatic hydroxyl groups is 2. The first kappa shape index (κ1) is 14.4. The Hall–Kier alpha value is -1.96. The van der Waals surface area contributed by atoms with Gasteiger partial charge in [0.25, 0.3) is 0 Å². The highest BCUT2D eigenvalue weighted by molar-refractivity contribution is 5.72. The summed E-state index contributed by atoms with van der Waals surface area (Å²) in [6, 6.07) is 10.1. The summed E-state index contributed by atoms with van der Waals surface area (Å²) in [4.78, 5) is 0. The maximum absolute atomic E-state index is 9.91. The van der Waals surface area contributed by atoms with E-state index in [2.05, 4.69) is 32.0 Å². The summed E-state index contributed by atoms with van der Waals surface area (Å²) in [7, 11) is 0. The van der Waals surface area contributed by atoms with Crippen molar-refractivity contribution in [2.75, 3.05) is 0 Å². The summed E-state index contributed by atoms with van der Waals surface area (Å²) in [5.74, 6) is -0.0377. The van der Waals surface area contributed by atoms with Crippen LogP contribution in [0.5, 0.6) is 11.5 Å². The van der Waals surface area contributed by atoms with E-state index in [4.69, 9.17) is 0 Å². The molecule has 106 valence electrons. The minimum Gasteiger partial charge on any atom is -0.504 e. The zero-order valence-electron chi connectivity index (χ0n) is 12.4. The van der Waals surface area contributed by atoms with Gasteiger partial charge in [0.05, 0.1) is 0 Å². The second-order valence-corrected chi connectivity index (χ2v) is 5.06. The van der Waals surface area contributed by atoms with Gasteiger partial charge in [0, 0.05) is 0 Å². The molecule has 0 amide bonds. The summed E-state index contributed by atoms with van der Waals surface area (Å²) in [5.41, 5.74) is 5.45. The minimum absolute atomic E-state index is 0.000875. The van der Waals surface area contributed by atoms with Crippen LogP contribution in [-0.2, 0) is 19.3 Å². The Morgan fingerprint density at radius 1 is 0.800 bits per heavy atom. The van der Waals surface area contributed by atoms with Crippen molar-refractivity contribution in [1.29, 1.82) is 0 Å². The monoisotopic (exact) mass is 270 g/mol. The maximum Gasteiger partial charge on any atom is 0.160 e. The van der Waals surface area contributed by atoms with E-state index in [0.717, 1.165) is 29.5 Å². The van der Waals surface area contributed by atoms with Crippen molar-refractivity contribution in [3.05, 3.63) is 47.0 Å². The first-order chi connectivity index (χ1) is 9.60. The van der Waals surface area contributed by atoms with Crippen LogP contribution < -0.4 is 0 Å². The van der Waals surface area contributed by atoms with Crippen molar-refractivity contribution in [1.82, 2.24) is 0 Å². The van der Waals surface area contributed by atoms with Gasteiger partial charge in [-0.2, -0.15) is 0 Å². The van der Waals surface area contributed by atoms with E-state index in [1.165, 1.54) is 11.1 Å². The van der Waals surface area contributed by atoms with Gasteiger partial charge in [0.15, 0.2) is 11.5 Å². The predicted octanol–water partition coefficient (Wildman–Crippen LogP) is 4.45. The molecule has 2 rings (SSSR count). The Bertz CT molecular complexity index is 615. The molecule has 2 aromatic carbocycles. The van der Waals surface area contributed by atoms with Gasteiger partial charge in [-0.1, -0.05) is 39.0 Å². The van der Waals surface area contributed by atoms with E-state index in [-0.39, 0.29) is 11.5 Å². The second-order valence-electron chi connectivity index (χ2n) is 5.06. The number of phenolic OH excluding ortho intramolecular Hbond substituents is 2. The average molecular weight is 270 g/mol. The molecule has 2 N–H and O–H groups in total. The smallest absolute Gasteiger partial charge is 0.160 e. The Kier molecular flexibility index (Phi) is 4.33. The molecular formula is C18H22O2. The molecular weight excluding hydrogens is 248 g/mol. The molecule has 0 spiro atoms. The third-order valence-corrected chi connectivity index (χ3v) is 3.82. The van der Waals surface area contributed by atoms with Crippen molar-refractivity contribution in [2.45, 2.75) is 40.0 Å². The van der Waals surface area contributed by atoms with Gasteiger partial charge in [-0.3, -0.25) is 0 Å². The van der Waals surface area contributed by atoms with Gasteiger partial charge >= 0.3 is 0 Å². The molecule has 2 heteroatoms. The molecule has 0 unspecified atom stereocenters. The van der Waals surface area contributed by atoms with E-state index in [1.807, 2.05) is 13.0 Å². The van der Waals surface area contributed by atoms with Gasteiger partial charge in [-0.25, -0.2) is 0 Å². The van der Waals surface area contributed by atoms with Gasteiger partial charge in [0.2, 0.25) is 0 Å². The largest absolute Gasteiger partial charge is 0.504 e. The Morgan fingerprint density at radius 3 is 2.10 bits per heavy atom. The Balaban J connectivity index is 2.63. The lowest BCUT2D eigenvalue weighted by molar-refractivity contribution is 0.400. The van der Waals surface area contributed by atoms with Crippen molar-refractivity contribution in [3.8, 4) is 22.6 Å². The Morgan fingerprint density at radius 2 is 1.50 bits per heavy atom. The summed E-state index contributed by atoms with van der Waals surface area (Å²) >= 11 is 0. The molecule has 0 aliphatic heterocycles. The van der Waals surface area contributed by atoms with E-state index < -0.39 is 0 Å². The van der Waals surface area contributed by atoms with E-state index in [0.29, 0.717) is 6.42 Å². The minimum atomic E-state index is -0.0386. The number of phenols is 2. The zero-order valence-corrected chi connectivity index (χ0v) is 12.4. The molecule has 0 bridgehead atoms. The standard InChI is InChI=1S/C18H22O2/c1-4-12-7-8-13(5-2)16(9-12)15-10-14(6-3)18(20)17(19)11-15/h7-11,19-20H,4-6H2,1-3H3. The lowest BCUT2D eigenvalue weighted by atomic mass is 9.93. The number of rotatable bonds is 4. The van der Waals surface area contributed by atoms with Crippen LogP contribution in [0.15, 0.2) is 30.3 Å². The molecule has 0 fully saturated rings. The lowest BCUT2D eigenvalue weighted by Crippen LogP contribution is -1.92. The third kappa shape index (κ3) is 2.64. The van der Waals surface area contributed by atoms with Crippen molar-refractivity contribution >= 4 is 0 Å². The van der Waals surface area contributed by atoms with Crippen LogP contribution in [0, 0.1) is 0 Å². The topological polar surface area (TPSA) is 40.5 Å². The number of benzene rings is 2. The van der Waals surface area contributed by atoms with Gasteiger partial charge in [-0.15, -0.1) is 0 Å². The van der Waals surface area contributed by atoms with Crippen LogP contribution >= 0.6 is 0 Å². The molecule has 0 aliphatic carbocycles. The number of aryl methyl sites for hydroxylation is 3. The zero-order chi connectivity index (χ0) is 14.7. The van der Waals surface area contributed by atoms with Gasteiger partial charge in [-0.05, 0) is 59.2 Å². The fraction of sp³-hybridized carbons (Fsp3) is 0.333. The summed E-state index contributed by atoms with van der Waals surface area (Å²) in [5, 5.41) is 19.8. The van der Waals surface area contributed by atoms with Crippen LogP contribution in [0.4, 0.5) is 0 Å². The SMILES string of the molecule is CCc1ccc(CC)c(-c2cc(O)c(O)c(CC)c2)c1. The van der Waals surface area contributed by atoms with E-state index in [9.17, 15) is 10.2 Å².